The van der Waals surface area contributed by atoms with E-state index in [9.17, 15) is 18.0 Å². The van der Waals surface area contributed by atoms with Crippen LogP contribution < -0.4 is 10.2 Å². The number of hydrogen-bond acceptors (Lipinski definition) is 5. The summed E-state index contributed by atoms with van der Waals surface area (Å²) in [6, 6.07) is 4.14. The molecule has 178 valence electrons. The van der Waals surface area contributed by atoms with E-state index in [0.717, 1.165) is 26.1 Å². The number of nitrogens with one attached hydrogen (secondary N) is 1. The van der Waals surface area contributed by atoms with Gasteiger partial charge in [-0.3, -0.25) is 14.5 Å². The van der Waals surface area contributed by atoms with E-state index in [-0.39, 0.29) is 16.7 Å². The van der Waals surface area contributed by atoms with Crippen LogP contribution in [0.3, 0.4) is 0 Å². The molecule has 0 saturated carbocycles. The second kappa shape index (κ2) is 10.8. The van der Waals surface area contributed by atoms with E-state index in [1.54, 1.807) is 26.0 Å². The molecule has 0 aliphatic carbocycles. The Morgan fingerprint density at radius 2 is 1.81 bits per heavy atom. The van der Waals surface area contributed by atoms with Crippen molar-refractivity contribution in [2.24, 2.45) is 0 Å². The summed E-state index contributed by atoms with van der Waals surface area (Å²) in [7, 11) is -3.60. The topological polar surface area (TPSA) is 90.0 Å². The summed E-state index contributed by atoms with van der Waals surface area (Å²) in [4.78, 5) is 29.4. The molecule has 1 saturated heterocycles. The van der Waals surface area contributed by atoms with Crippen LogP contribution in [0, 0.1) is 0 Å². The minimum atomic E-state index is -3.60. The first kappa shape index (κ1) is 24.7. The van der Waals surface area contributed by atoms with Gasteiger partial charge >= 0.3 is 0 Å². The van der Waals surface area contributed by atoms with Gasteiger partial charge in [-0.05, 0) is 62.7 Å². The molecule has 1 aromatic rings. The first-order chi connectivity index (χ1) is 15.3. The predicted octanol–water partition coefficient (Wildman–Crippen LogP) is 1.99. The number of rotatable bonds is 9. The molecule has 0 spiro atoms. The number of anilines is 1. The van der Waals surface area contributed by atoms with Gasteiger partial charge in [-0.1, -0.05) is 20.3 Å². The zero-order valence-electron chi connectivity index (χ0n) is 19.5. The number of benzene rings is 1. The van der Waals surface area contributed by atoms with Crippen LogP contribution in [0.1, 0.15) is 52.0 Å². The van der Waals surface area contributed by atoms with Crippen LogP contribution in [0.2, 0.25) is 0 Å². The van der Waals surface area contributed by atoms with Crippen LogP contribution in [-0.2, 0) is 26.0 Å². The van der Waals surface area contributed by atoms with Crippen molar-refractivity contribution in [1.82, 2.24) is 14.5 Å². The summed E-state index contributed by atoms with van der Waals surface area (Å²) in [5.41, 5.74) is 1.33. The van der Waals surface area contributed by atoms with E-state index in [0.29, 0.717) is 37.3 Å². The van der Waals surface area contributed by atoms with Gasteiger partial charge in [0.15, 0.2) is 0 Å². The van der Waals surface area contributed by atoms with E-state index in [2.05, 4.69) is 10.2 Å². The van der Waals surface area contributed by atoms with Crippen LogP contribution in [0.25, 0.3) is 0 Å². The van der Waals surface area contributed by atoms with Gasteiger partial charge in [0.05, 0.1) is 4.90 Å². The Kier molecular flexibility index (Phi) is 8.30. The highest BCUT2D eigenvalue weighted by Crippen LogP contribution is 2.34. The van der Waals surface area contributed by atoms with Crippen molar-refractivity contribution in [3.63, 3.8) is 0 Å². The summed E-state index contributed by atoms with van der Waals surface area (Å²) in [5, 5.41) is 2.98. The molecule has 1 unspecified atom stereocenters. The molecule has 0 radical (unpaired) electrons. The van der Waals surface area contributed by atoms with Crippen molar-refractivity contribution in [2.45, 2.75) is 63.8 Å². The highest BCUT2D eigenvalue weighted by atomic mass is 32.2. The molecule has 2 aliphatic heterocycles. The fraction of sp³-hybridized carbons (Fsp3) is 0.652. The lowest BCUT2D eigenvalue weighted by atomic mass is 10.1. The second-order valence-corrected chi connectivity index (χ2v) is 10.5. The summed E-state index contributed by atoms with van der Waals surface area (Å²) in [6.07, 6.45) is 4.97. The summed E-state index contributed by atoms with van der Waals surface area (Å²) in [5.74, 6) is -0.417. The molecule has 1 atom stereocenters. The van der Waals surface area contributed by atoms with Crippen molar-refractivity contribution in [3.05, 3.63) is 23.8 Å². The predicted molar refractivity (Wildman–Crippen MR) is 125 cm³/mol. The Morgan fingerprint density at radius 1 is 1.12 bits per heavy atom. The van der Waals surface area contributed by atoms with Crippen LogP contribution >= 0.6 is 0 Å². The Hall–Kier alpha value is -1.97. The molecule has 2 aliphatic rings. The molecule has 0 aromatic heterocycles. The van der Waals surface area contributed by atoms with Crippen LogP contribution in [0.15, 0.2) is 23.1 Å². The van der Waals surface area contributed by atoms with Crippen molar-refractivity contribution in [1.29, 1.82) is 0 Å². The van der Waals surface area contributed by atoms with Crippen LogP contribution in [-0.4, -0.2) is 74.7 Å². The van der Waals surface area contributed by atoms with Gasteiger partial charge in [0.1, 0.15) is 6.04 Å². The molecule has 1 aromatic carbocycles. The van der Waals surface area contributed by atoms with Gasteiger partial charge < -0.3 is 10.2 Å². The number of piperidine rings is 1. The highest BCUT2D eigenvalue weighted by molar-refractivity contribution is 7.89. The molecule has 1 N–H and O–H groups in total. The fourth-order valence-electron chi connectivity index (χ4n) is 4.72. The van der Waals surface area contributed by atoms with Gasteiger partial charge in [-0.25, -0.2) is 8.42 Å². The van der Waals surface area contributed by atoms with Gasteiger partial charge in [-0.15, -0.1) is 0 Å². The summed E-state index contributed by atoms with van der Waals surface area (Å²) < 4.78 is 27.2. The Morgan fingerprint density at radius 3 is 2.44 bits per heavy atom. The standard InChI is InChI=1S/C23H36N4O4S/c1-4-26(5-2)32(30,31)20-10-11-21-19(16-20)17-22(27(21)18(3)28)23(29)24-12-9-15-25-13-7-6-8-14-25/h10-11,16,22H,4-9,12-15,17H2,1-3H3,(H,24,29). The van der Waals surface area contributed by atoms with E-state index in [1.165, 1.54) is 41.5 Å². The van der Waals surface area contributed by atoms with Gasteiger partial charge in [0, 0.05) is 38.7 Å². The number of fused-ring (bicyclic) bond motifs is 1. The number of likely N-dealkylation sites (tertiary alicyclic amines) is 1. The average molecular weight is 465 g/mol. The lowest BCUT2D eigenvalue weighted by Gasteiger charge is -2.26. The third kappa shape index (κ3) is 5.32. The number of sulfonamides is 1. The van der Waals surface area contributed by atoms with Crippen molar-refractivity contribution < 1.29 is 18.0 Å². The maximum absolute atomic E-state index is 12.9. The number of amides is 2. The summed E-state index contributed by atoms with van der Waals surface area (Å²) >= 11 is 0. The monoisotopic (exact) mass is 464 g/mol. The summed E-state index contributed by atoms with van der Waals surface area (Å²) in [6.45, 7) is 9.60. The van der Waals surface area contributed by atoms with Gasteiger partial charge in [-0.2, -0.15) is 4.31 Å². The zero-order valence-corrected chi connectivity index (χ0v) is 20.3. The smallest absolute Gasteiger partial charge is 0.243 e. The molecular formula is C23H36N4O4S. The third-order valence-corrected chi connectivity index (χ3v) is 8.47. The molecule has 1 fully saturated rings. The molecule has 2 heterocycles. The normalized spacial score (nSPS) is 19.2. The molecule has 2 amide bonds. The maximum Gasteiger partial charge on any atom is 0.243 e. The maximum atomic E-state index is 12.9. The molecule has 32 heavy (non-hydrogen) atoms. The number of carbonyl (C=O) groups excluding carboxylic acids is 2. The average Bonchev–Trinajstić information content (AvgIpc) is 3.17. The van der Waals surface area contributed by atoms with Crippen molar-refractivity contribution >= 4 is 27.5 Å². The van der Waals surface area contributed by atoms with Gasteiger partial charge in [0.25, 0.3) is 0 Å². The number of nitrogens with zero attached hydrogens (tertiary/aromatic N) is 3. The number of hydrogen-bond donors (Lipinski definition) is 1. The van der Waals surface area contributed by atoms with Crippen LogP contribution in [0.4, 0.5) is 5.69 Å². The Labute approximate surface area is 192 Å². The number of carbonyl (C=O) groups is 2. The van der Waals surface area contributed by atoms with E-state index in [4.69, 9.17) is 0 Å². The van der Waals surface area contributed by atoms with Crippen LogP contribution in [0.5, 0.6) is 0 Å². The molecule has 0 bridgehead atoms. The van der Waals surface area contributed by atoms with Crippen molar-refractivity contribution in [2.75, 3.05) is 44.2 Å². The first-order valence-electron chi connectivity index (χ1n) is 11.7. The zero-order chi connectivity index (χ0) is 23.3. The Balaban J connectivity index is 1.67. The van der Waals surface area contributed by atoms with Crippen molar-refractivity contribution in [3.8, 4) is 0 Å². The highest BCUT2D eigenvalue weighted by Gasteiger charge is 2.37. The van der Waals surface area contributed by atoms with Gasteiger partial charge in [0.2, 0.25) is 21.8 Å². The lowest BCUT2D eigenvalue weighted by molar-refractivity contribution is -0.125. The molecule has 3 rings (SSSR count). The van der Waals surface area contributed by atoms with E-state index < -0.39 is 16.1 Å². The largest absolute Gasteiger partial charge is 0.354 e. The minimum Gasteiger partial charge on any atom is -0.354 e. The molecular weight excluding hydrogens is 428 g/mol. The van der Waals surface area contributed by atoms with E-state index in [1.807, 2.05) is 0 Å². The first-order valence-corrected chi connectivity index (χ1v) is 13.2. The SMILES string of the molecule is CCN(CC)S(=O)(=O)c1ccc2c(c1)CC(C(=O)NCCCN1CCCCC1)N2C(C)=O. The third-order valence-electron chi connectivity index (χ3n) is 6.42. The second-order valence-electron chi connectivity index (χ2n) is 8.54. The molecule has 9 heteroatoms. The molecule has 8 nitrogen and oxygen atoms in total. The Bertz CT molecular complexity index is 924. The minimum absolute atomic E-state index is 0.191. The lowest BCUT2D eigenvalue weighted by Crippen LogP contribution is -2.47. The van der Waals surface area contributed by atoms with E-state index >= 15 is 0 Å². The quantitative estimate of drug-likeness (QED) is 0.565. The fourth-order valence-corrected chi connectivity index (χ4v) is 6.22.